The molecule has 8 heteroatoms. The summed E-state index contributed by atoms with van der Waals surface area (Å²) in [7, 11) is 1.69. The van der Waals surface area contributed by atoms with Crippen LogP contribution in [0.2, 0.25) is 0 Å². The van der Waals surface area contributed by atoms with E-state index in [1.165, 1.54) is 31.7 Å². The summed E-state index contributed by atoms with van der Waals surface area (Å²) < 4.78 is 4.87. The highest BCUT2D eigenvalue weighted by Gasteiger charge is 2.39. The molecule has 1 saturated carbocycles. The van der Waals surface area contributed by atoms with Gasteiger partial charge in [-0.3, -0.25) is 14.6 Å². The normalized spacial score (nSPS) is 20.2. The molecule has 0 atom stereocenters. The molecule has 1 aliphatic carbocycles. The second-order valence-corrected chi connectivity index (χ2v) is 12.3. The third-order valence-corrected chi connectivity index (χ3v) is 8.59. The third-order valence-electron chi connectivity index (χ3n) is 7.54. The summed E-state index contributed by atoms with van der Waals surface area (Å²) in [6.45, 7) is 6.24. The number of amides is 2. The average Bonchev–Trinajstić information content (AvgIpc) is 2.91. The lowest BCUT2D eigenvalue weighted by atomic mass is 9.92. The molecule has 3 aliphatic rings. The molecule has 200 valence electrons. The Morgan fingerprint density at radius 3 is 2.50 bits per heavy atom. The molecule has 0 bridgehead atoms. The number of amidine groups is 1. The summed E-state index contributed by atoms with van der Waals surface area (Å²) in [6.07, 6.45) is 8.01. The van der Waals surface area contributed by atoms with Gasteiger partial charge in [0.2, 0.25) is 5.91 Å². The Morgan fingerprint density at radius 2 is 1.82 bits per heavy atom. The summed E-state index contributed by atoms with van der Waals surface area (Å²) in [5.74, 6) is 1.48. The van der Waals surface area contributed by atoms with E-state index < -0.39 is 4.75 Å². The molecule has 2 aromatic rings. The predicted octanol–water partition coefficient (Wildman–Crippen LogP) is 6.43. The number of hydrogen-bond acceptors (Lipinski definition) is 6. The van der Waals surface area contributed by atoms with Crippen LogP contribution in [0.4, 0.5) is 10.5 Å². The number of rotatable bonds is 4. The number of methoxy groups -OCH3 is 1. The van der Waals surface area contributed by atoms with Crippen LogP contribution in [-0.2, 0) is 11.2 Å². The molecule has 38 heavy (non-hydrogen) atoms. The number of aliphatic imine (C=N–C) groups is 1. The zero-order valence-corrected chi connectivity index (χ0v) is 23.5. The number of hydrogen-bond donors (Lipinski definition) is 0. The first kappa shape index (κ1) is 26.5. The molecule has 0 saturated heterocycles. The van der Waals surface area contributed by atoms with E-state index in [4.69, 9.17) is 9.73 Å². The van der Waals surface area contributed by atoms with E-state index in [-0.39, 0.29) is 11.1 Å². The van der Waals surface area contributed by atoms with E-state index in [1.807, 2.05) is 26.0 Å². The van der Waals surface area contributed by atoms with Gasteiger partial charge in [0.05, 0.1) is 23.6 Å². The monoisotopic (exact) mass is 532 g/mol. The van der Waals surface area contributed by atoms with E-state index in [2.05, 4.69) is 40.3 Å². The van der Waals surface area contributed by atoms with Crippen LogP contribution in [0.5, 0.6) is 5.75 Å². The first-order chi connectivity index (χ1) is 18.3. The lowest BCUT2D eigenvalue weighted by molar-refractivity contribution is -0.125. The lowest BCUT2D eigenvalue weighted by Gasteiger charge is -2.35. The highest BCUT2D eigenvalue weighted by molar-refractivity contribution is 8.15. The highest BCUT2D eigenvalue weighted by atomic mass is 32.2. The molecule has 2 amide bonds. The van der Waals surface area contributed by atoms with E-state index in [9.17, 15) is 9.59 Å². The van der Waals surface area contributed by atoms with Gasteiger partial charge in [-0.05, 0) is 98.8 Å². The van der Waals surface area contributed by atoms with Gasteiger partial charge in [-0.25, -0.2) is 0 Å². The van der Waals surface area contributed by atoms with E-state index in [1.54, 1.807) is 7.11 Å². The Bertz CT molecular complexity index is 1280. The van der Waals surface area contributed by atoms with Crippen LogP contribution in [0.1, 0.15) is 76.0 Å². The Morgan fingerprint density at radius 1 is 1.08 bits per heavy atom. The molecular formula is C30H36N4O3S. The fourth-order valence-electron chi connectivity index (χ4n) is 5.56. The van der Waals surface area contributed by atoms with Crippen molar-refractivity contribution in [3.63, 3.8) is 0 Å². The van der Waals surface area contributed by atoms with Crippen LogP contribution in [-0.4, -0.2) is 52.1 Å². The first-order valence-corrected chi connectivity index (χ1v) is 14.3. The number of fused-ring (bicyclic) bond motifs is 1. The lowest BCUT2D eigenvalue weighted by Crippen LogP contribution is -2.43. The number of benzene rings is 2. The standard InChI is InChI=1S/C30H36N4O3S/c1-20(35)34-29(36)38-30(2,3)27(32-34)23-14-17-26-22(19-23)9-8-18-33(26)28(31-24-10-6-5-7-11-24)21-12-15-25(37-4)16-13-21/h12-17,19,24H,5-11,18H2,1-4H3/b31-28-. The first-order valence-electron chi connectivity index (χ1n) is 13.5. The van der Waals surface area contributed by atoms with Gasteiger partial charge in [0, 0.05) is 24.7 Å². The summed E-state index contributed by atoms with van der Waals surface area (Å²) >= 11 is 1.14. The molecule has 7 nitrogen and oxygen atoms in total. The molecule has 0 aromatic heterocycles. The third kappa shape index (κ3) is 5.37. The number of hydrazone groups is 1. The van der Waals surface area contributed by atoms with Crippen molar-refractivity contribution in [3.05, 3.63) is 59.2 Å². The Hall–Kier alpha value is -3.13. The Labute approximate surface area is 229 Å². The summed E-state index contributed by atoms with van der Waals surface area (Å²) in [6, 6.07) is 15.0. The molecule has 1 fully saturated rings. The maximum absolute atomic E-state index is 12.5. The van der Waals surface area contributed by atoms with Gasteiger partial charge in [0.15, 0.2) is 0 Å². The molecule has 0 N–H and O–H groups in total. The SMILES string of the molecule is COc1ccc(/C(=N/C2CCCCC2)N2CCCc3cc(C4=NN(C(C)=O)C(=O)SC4(C)C)ccc32)cc1. The molecule has 5 rings (SSSR count). The summed E-state index contributed by atoms with van der Waals surface area (Å²) in [4.78, 5) is 32.2. The second kappa shape index (κ2) is 10.9. The predicted molar refractivity (Wildman–Crippen MR) is 155 cm³/mol. The molecule has 2 heterocycles. The van der Waals surface area contributed by atoms with Gasteiger partial charge in [-0.15, -0.1) is 0 Å². The smallest absolute Gasteiger partial charge is 0.309 e. The van der Waals surface area contributed by atoms with Crippen molar-refractivity contribution in [2.24, 2.45) is 10.1 Å². The minimum absolute atomic E-state index is 0.335. The van der Waals surface area contributed by atoms with Gasteiger partial charge in [-0.2, -0.15) is 10.1 Å². The van der Waals surface area contributed by atoms with Crippen molar-refractivity contribution in [3.8, 4) is 5.75 Å². The van der Waals surface area contributed by atoms with Crippen molar-refractivity contribution in [1.82, 2.24) is 5.01 Å². The van der Waals surface area contributed by atoms with E-state index >= 15 is 0 Å². The number of carbonyl (C=O) groups is 2. The maximum atomic E-state index is 12.5. The summed E-state index contributed by atoms with van der Waals surface area (Å²) in [5, 5.41) is 5.16. The second-order valence-electron chi connectivity index (χ2n) is 10.7. The maximum Gasteiger partial charge on any atom is 0.309 e. The molecular weight excluding hydrogens is 496 g/mol. The van der Waals surface area contributed by atoms with Gasteiger partial charge >= 0.3 is 5.24 Å². The number of thioether (sulfide) groups is 1. The zero-order chi connectivity index (χ0) is 26.9. The van der Waals surface area contributed by atoms with Gasteiger partial charge in [-0.1, -0.05) is 25.3 Å². The number of nitrogens with zero attached hydrogens (tertiary/aromatic N) is 4. The topological polar surface area (TPSA) is 74.6 Å². The fourth-order valence-corrected chi connectivity index (χ4v) is 6.51. The van der Waals surface area contributed by atoms with Crippen LogP contribution in [0.25, 0.3) is 0 Å². The average molecular weight is 533 g/mol. The molecule has 2 aliphatic heterocycles. The van der Waals surface area contributed by atoms with Crippen molar-refractivity contribution in [2.75, 3.05) is 18.6 Å². The Kier molecular flexibility index (Phi) is 7.61. The number of ether oxygens (including phenoxy) is 1. The largest absolute Gasteiger partial charge is 0.497 e. The minimum Gasteiger partial charge on any atom is -0.497 e. The van der Waals surface area contributed by atoms with Crippen molar-refractivity contribution >= 4 is 40.1 Å². The number of imide groups is 1. The molecule has 0 radical (unpaired) electrons. The van der Waals surface area contributed by atoms with Crippen LogP contribution >= 0.6 is 11.8 Å². The quantitative estimate of drug-likeness (QED) is 0.335. The number of anilines is 1. The number of carbonyl (C=O) groups excluding carboxylic acids is 2. The van der Waals surface area contributed by atoms with Gasteiger partial charge in [0.1, 0.15) is 11.6 Å². The van der Waals surface area contributed by atoms with Crippen LogP contribution < -0.4 is 9.64 Å². The Balaban J connectivity index is 1.54. The summed E-state index contributed by atoms with van der Waals surface area (Å²) in [5.41, 5.74) is 5.17. The molecule has 0 unspecified atom stereocenters. The minimum atomic E-state index is -0.539. The molecule has 2 aromatic carbocycles. The zero-order valence-electron chi connectivity index (χ0n) is 22.7. The van der Waals surface area contributed by atoms with Crippen molar-refractivity contribution in [1.29, 1.82) is 0 Å². The highest BCUT2D eigenvalue weighted by Crippen LogP contribution is 2.38. The fraction of sp³-hybridized carbons (Fsp3) is 0.467. The molecule has 0 spiro atoms. The van der Waals surface area contributed by atoms with Gasteiger partial charge in [0.25, 0.3) is 0 Å². The van der Waals surface area contributed by atoms with E-state index in [0.29, 0.717) is 6.04 Å². The van der Waals surface area contributed by atoms with Crippen molar-refractivity contribution in [2.45, 2.75) is 76.5 Å². The van der Waals surface area contributed by atoms with Gasteiger partial charge < -0.3 is 9.64 Å². The number of aryl methyl sites for hydroxylation is 1. The van der Waals surface area contributed by atoms with Crippen LogP contribution in [0, 0.1) is 0 Å². The van der Waals surface area contributed by atoms with E-state index in [0.717, 1.165) is 83.1 Å². The van der Waals surface area contributed by atoms with Crippen LogP contribution in [0.15, 0.2) is 52.6 Å². The van der Waals surface area contributed by atoms with Crippen LogP contribution in [0.3, 0.4) is 0 Å². The van der Waals surface area contributed by atoms with Crippen molar-refractivity contribution < 1.29 is 14.3 Å².